The van der Waals surface area contributed by atoms with Crippen LogP contribution in [0.3, 0.4) is 0 Å². The first kappa shape index (κ1) is 21.5. The molecule has 1 aliphatic heterocycles. The van der Waals surface area contributed by atoms with Gasteiger partial charge in [0, 0.05) is 18.7 Å². The summed E-state index contributed by atoms with van der Waals surface area (Å²) in [5.74, 6) is -2.20. The van der Waals surface area contributed by atoms with Gasteiger partial charge in [0.15, 0.2) is 5.78 Å². The van der Waals surface area contributed by atoms with Crippen LogP contribution in [0.2, 0.25) is 0 Å². The van der Waals surface area contributed by atoms with E-state index in [9.17, 15) is 19.5 Å². The highest BCUT2D eigenvalue weighted by Gasteiger charge is 2.51. The lowest BCUT2D eigenvalue weighted by Crippen LogP contribution is -2.36. The third-order valence-corrected chi connectivity index (χ3v) is 5.41. The third-order valence-electron chi connectivity index (χ3n) is 5.41. The number of likely N-dealkylation sites (N-methyl/N-ethyl adjacent to an activating group) is 1. The van der Waals surface area contributed by atoms with E-state index in [2.05, 4.69) is 0 Å². The van der Waals surface area contributed by atoms with Crippen LogP contribution in [0.15, 0.2) is 42.5 Å². The average molecular weight is 410 g/mol. The van der Waals surface area contributed by atoms with E-state index in [1.807, 2.05) is 19.0 Å². The number of rotatable bonds is 7. The molecule has 1 N–H and O–H groups in total. The van der Waals surface area contributed by atoms with Crippen molar-refractivity contribution < 1.29 is 24.2 Å². The molecule has 0 spiro atoms. The minimum atomic E-state index is -1.14. The standard InChI is InChI=1S/C23H26N2O5/c1-14-13-17(30-4)9-10-18(14)21(27)19-20(15-5-7-16(26)8-6-15)25(12-11-24(2)3)23(29)22(19)28/h5-10,13,19-20,26H,11-12H2,1-4H3. The topological polar surface area (TPSA) is 87.2 Å². The van der Waals surface area contributed by atoms with Crippen molar-refractivity contribution in [1.29, 1.82) is 0 Å². The molecule has 7 heteroatoms. The smallest absolute Gasteiger partial charge is 0.291 e. The van der Waals surface area contributed by atoms with Gasteiger partial charge in [0.05, 0.1) is 13.2 Å². The van der Waals surface area contributed by atoms with Crippen molar-refractivity contribution in [2.75, 3.05) is 34.3 Å². The van der Waals surface area contributed by atoms with Gasteiger partial charge in [-0.15, -0.1) is 0 Å². The lowest BCUT2D eigenvalue weighted by molar-refractivity contribution is -0.140. The second kappa shape index (κ2) is 8.67. The van der Waals surface area contributed by atoms with Gasteiger partial charge in [-0.1, -0.05) is 12.1 Å². The zero-order valence-corrected chi connectivity index (χ0v) is 17.6. The monoisotopic (exact) mass is 410 g/mol. The number of Topliss-reactive ketones (excluding diaryl/α,β-unsaturated/α-hetero) is 2. The van der Waals surface area contributed by atoms with Gasteiger partial charge in [-0.2, -0.15) is 0 Å². The molecule has 158 valence electrons. The number of amides is 1. The summed E-state index contributed by atoms with van der Waals surface area (Å²) < 4.78 is 5.20. The Morgan fingerprint density at radius 1 is 1.13 bits per heavy atom. The summed E-state index contributed by atoms with van der Waals surface area (Å²) in [5.41, 5.74) is 1.70. The average Bonchev–Trinajstić information content (AvgIpc) is 2.96. The van der Waals surface area contributed by atoms with Gasteiger partial charge in [-0.05, 0) is 62.5 Å². The molecule has 2 atom stereocenters. The summed E-state index contributed by atoms with van der Waals surface area (Å²) in [6, 6.07) is 10.6. The molecule has 0 aromatic heterocycles. The van der Waals surface area contributed by atoms with Crippen molar-refractivity contribution in [2.24, 2.45) is 5.92 Å². The molecular formula is C23H26N2O5. The van der Waals surface area contributed by atoms with Gasteiger partial charge in [0.2, 0.25) is 5.78 Å². The number of ketones is 2. The number of benzene rings is 2. The van der Waals surface area contributed by atoms with Gasteiger partial charge in [0.25, 0.3) is 5.91 Å². The molecule has 1 amide bonds. The van der Waals surface area contributed by atoms with Crippen LogP contribution in [0.25, 0.3) is 0 Å². The molecule has 2 aromatic carbocycles. The number of methoxy groups -OCH3 is 1. The number of aromatic hydroxyl groups is 1. The first-order valence-corrected chi connectivity index (χ1v) is 9.72. The Bertz CT molecular complexity index is 968. The molecule has 0 radical (unpaired) electrons. The maximum Gasteiger partial charge on any atom is 0.291 e. The van der Waals surface area contributed by atoms with E-state index < -0.39 is 23.7 Å². The van der Waals surface area contributed by atoms with E-state index in [0.29, 0.717) is 35.5 Å². The number of hydrogen-bond acceptors (Lipinski definition) is 6. The summed E-state index contributed by atoms with van der Waals surface area (Å²) in [6.45, 7) is 2.64. The first-order valence-electron chi connectivity index (χ1n) is 9.72. The molecule has 1 fully saturated rings. The Kier molecular flexibility index (Phi) is 6.22. The summed E-state index contributed by atoms with van der Waals surface area (Å²) in [6.07, 6.45) is 0. The van der Waals surface area contributed by atoms with E-state index in [1.54, 1.807) is 44.4 Å². The van der Waals surface area contributed by atoms with Gasteiger partial charge in [-0.25, -0.2) is 0 Å². The Labute approximate surface area is 175 Å². The van der Waals surface area contributed by atoms with E-state index in [1.165, 1.54) is 17.0 Å². The molecule has 30 heavy (non-hydrogen) atoms. The summed E-state index contributed by atoms with van der Waals surface area (Å²) in [7, 11) is 5.29. The van der Waals surface area contributed by atoms with Crippen molar-refractivity contribution in [3.05, 3.63) is 59.2 Å². The fourth-order valence-corrected chi connectivity index (χ4v) is 3.79. The minimum absolute atomic E-state index is 0.0723. The maximum atomic E-state index is 13.5. The molecule has 1 saturated heterocycles. The zero-order valence-electron chi connectivity index (χ0n) is 17.6. The maximum absolute atomic E-state index is 13.5. The second-order valence-electron chi connectivity index (χ2n) is 7.73. The largest absolute Gasteiger partial charge is 0.508 e. The van der Waals surface area contributed by atoms with Crippen LogP contribution in [-0.2, 0) is 9.59 Å². The van der Waals surface area contributed by atoms with Crippen LogP contribution in [0.5, 0.6) is 11.5 Å². The van der Waals surface area contributed by atoms with Crippen molar-refractivity contribution in [1.82, 2.24) is 9.80 Å². The molecule has 1 heterocycles. The Morgan fingerprint density at radius 2 is 1.80 bits per heavy atom. The van der Waals surface area contributed by atoms with E-state index in [0.717, 1.165) is 0 Å². The lowest BCUT2D eigenvalue weighted by atomic mass is 9.85. The van der Waals surface area contributed by atoms with Gasteiger partial charge >= 0.3 is 0 Å². The molecule has 0 bridgehead atoms. The predicted molar refractivity (Wildman–Crippen MR) is 112 cm³/mol. The molecule has 0 saturated carbocycles. The Balaban J connectivity index is 2.05. The van der Waals surface area contributed by atoms with Gasteiger partial charge in [-0.3, -0.25) is 14.4 Å². The Morgan fingerprint density at radius 3 is 2.37 bits per heavy atom. The quantitative estimate of drug-likeness (QED) is 0.428. The van der Waals surface area contributed by atoms with Crippen LogP contribution in [0.4, 0.5) is 0 Å². The fourth-order valence-electron chi connectivity index (χ4n) is 3.79. The van der Waals surface area contributed by atoms with Crippen LogP contribution in [-0.4, -0.2) is 66.7 Å². The third kappa shape index (κ3) is 4.07. The summed E-state index contributed by atoms with van der Waals surface area (Å²) in [4.78, 5) is 42.6. The van der Waals surface area contributed by atoms with Gasteiger partial charge < -0.3 is 19.6 Å². The molecule has 3 rings (SSSR count). The molecule has 7 nitrogen and oxygen atoms in total. The Hall–Kier alpha value is -3.19. The molecule has 1 aliphatic rings. The zero-order chi connectivity index (χ0) is 22.0. The number of aryl methyl sites for hydroxylation is 1. The number of ether oxygens (including phenoxy) is 1. The number of carbonyl (C=O) groups excluding carboxylic acids is 3. The van der Waals surface area contributed by atoms with E-state index in [4.69, 9.17) is 4.74 Å². The van der Waals surface area contributed by atoms with Crippen molar-refractivity contribution in [3.63, 3.8) is 0 Å². The number of phenolic OH excluding ortho intramolecular Hbond substituents is 1. The highest BCUT2D eigenvalue weighted by Crippen LogP contribution is 2.39. The highest BCUT2D eigenvalue weighted by molar-refractivity contribution is 6.44. The van der Waals surface area contributed by atoms with E-state index in [-0.39, 0.29) is 11.5 Å². The normalized spacial score (nSPS) is 18.9. The van der Waals surface area contributed by atoms with E-state index >= 15 is 0 Å². The SMILES string of the molecule is COc1ccc(C(=O)C2C(=O)C(=O)N(CCN(C)C)C2c2ccc(O)cc2)c(C)c1. The van der Waals surface area contributed by atoms with Crippen molar-refractivity contribution >= 4 is 17.5 Å². The molecule has 2 unspecified atom stereocenters. The summed E-state index contributed by atoms with van der Waals surface area (Å²) >= 11 is 0. The number of hydrogen-bond donors (Lipinski definition) is 1. The number of carbonyl (C=O) groups is 3. The number of nitrogens with zero attached hydrogens (tertiary/aromatic N) is 2. The van der Waals surface area contributed by atoms with Crippen molar-refractivity contribution in [3.8, 4) is 11.5 Å². The molecular weight excluding hydrogens is 384 g/mol. The molecule has 0 aliphatic carbocycles. The van der Waals surface area contributed by atoms with Crippen molar-refractivity contribution in [2.45, 2.75) is 13.0 Å². The lowest BCUT2D eigenvalue weighted by Gasteiger charge is -2.28. The van der Waals surface area contributed by atoms with Crippen LogP contribution in [0.1, 0.15) is 27.5 Å². The highest BCUT2D eigenvalue weighted by atomic mass is 16.5. The number of likely N-dealkylation sites (tertiary alicyclic amines) is 1. The first-order chi connectivity index (χ1) is 14.2. The predicted octanol–water partition coefficient (Wildman–Crippen LogP) is 2.22. The van der Waals surface area contributed by atoms with Crippen LogP contribution >= 0.6 is 0 Å². The summed E-state index contributed by atoms with van der Waals surface area (Å²) in [5, 5.41) is 9.65. The van der Waals surface area contributed by atoms with Gasteiger partial charge in [0.1, 0.15) is 17.4 Å². The fraction of sp³-hybridized carbons (Fsp3) is 0.348. The minimum Gasteiger partial charge on any atom is -0.508 e. The van der Waals surface area contributed by atoms with Crippen LogP contribution < -0.4 is 4.74 Å². The molecule has 2 aromatic rings. The number of phenols is 1. The van der Waals surface area contributed by atoms with Crippen LogP contribution in [0, 0.1) is 12.8 Å². The second-order valence-corrected chi connectivity index (χ2v) is 7.73.